The summed E-state index contributed by atoms with van der Waals surface area (Å²) in [4.78, 5) is 43.8. The molecule has 25 heavy (non-hydrogen) atoms. The Morgan fingerprint density at radius 2 is 1.92 bits per heavy atom. The van der Waals surface area contributed by atoms with Crippen molar-refractivity contribution < 1.29 is 4.79 Å². The summed E-state index contributed by atoms with van der Waals surface area (Å²) >= 11 is 0. The third-order valence-electron chi connectivity index (χ3n) is 4.69. The number of aromatic amines is 1. The number of H-pyrrole nitrogens is 1. The first kappa shape index (κ1) is 15.5. The molecule has 0 radical (unpaired) electrons. The number of pyridine rings is 1. The van der Waals surface area contributed by atoms with Crippen LogP contribution in [-0.2, 0) is 13.0 Å². The van der Waals surface area contributed by atoms with Crippen LogP contribution in [0.4, 0.5) is 0 Å². The van der Waals surface area contributed by atoms with E-state index in [1.807, 2.05) is 37.3 Å². The van der Waals surface area contributed by atoms with Gasteiger partial charge in [0, 0.05) is 18.2 Å². The molecule has 0 saturated heterocycles. The molecular formula is C19H17N3O3. The number of hydrogen-bond acceptors (Lipinski definition) is 4. The summed E-state index contributed by atoms with van der Waals surface area (Å²) in [5, 5.41) is 0.355. The van der Waals surface area contributed by atoms with E-state index in [2.05, 4.69) is 9.97 Å². The molecular weight excluding hydrogens is 318 g/mol. The number of ketones is 1. The molecule has 0 amide bonds. The maximum atomic E-state index is 12.5. The largest absolute Gasteiger partial charge is 0.330 e. The van der Waals surface area contributed by atoms with Gasteiger partial charge < -0.3 is 0 Å². The highest BCUT2D eigenvalue weighted by atomic mass is 16.2. The molecule has 1 aliphatic rings. The van der Waals surface area contributed by atoms with Gasteiger partial charge in [-0.15, -0.1) is 0 Å². The minimum atomic E-state index is -0.496. The summed E-state index contributed by atoms with van der Waals surface area (Å²) in [5.41, 5.74) is 1.50. The number of Topliss-reactive ketones (excluding diaryl/α,β-unsaturated/α-hetero) is 1. The molecule has 2 heterocycles. The van der Waals surface area contributed by atoms with Crippen molar-refractivity contribution in [1.29, 1.82) is 0 Å². The molecule has 1 aliphatic carbocycles. The zero-order chi connectivity index (χ0) is 17.6. The van der Waals surface area contributed by atoms with Gasteiger partial charge >= 0.3 is 5.69 Å². The lowest BCUT2D eigenvalue weighted by atomic mass is 9.84. The fraction of sp³-hybridized carbons (Fsp3) is 0.263. The van der Waals surface area contributed by atoms with E-state index in [9.17, 15) is 14.4 Å². The Balaban J connectivity index is 2.00. The minimum Gasteiger partial charge on any atom is -0.294 e. The van der Waals surface area contributed by atoms with Gasteiger partial charge in [-0.3, -0.25) is 19.1 Å². The highest BCUT2D eigenvalue weighted by molar-refractivity contribution is 6.02. The van der Waals surface area contributed by atoms with Gasteiger partial charge in [0.2, 0.25) is 0 Å². The van der Waals surface area contributed by atoms with E-state index in [1.165, 1.54) is 10.8 Å². The molecule has 1 atom stereocenters. The van der Waals surface area contributed by atoms with Gasteiger partial charge in [-0.1, -0.05) is 37.3 Å². The summed E-state index contributed by atoms with van der Waals surface area (Å²) in [6, 6.07) is 9.51. The molecule has 0 aliphatic heterocycles. The van der Waals surface area contributed by atoms with Crippen LogP contribution in [-0.4, -0.2) is 20.3 Å². The summed E-state index contributed by atoms with van der Waals surface area (Å²) in [6.45, 7) is 2.30. The van der Waals surface area contributed by atoms with Gasteiger partial charge in [-0.2, -0.15) is 0 Å². The summed E-state index contributed by atoms with van der Waals surface area (Å²) in [7, 11) is 0. The number of fused-ring (bicyclic) bond motifs is 3. The second-order valence-electron chi connectivity index (χ2n) is 6.62. The number of rotatable bonds is 2. The Kier molecular flexibility index (Phi) is 3.60. The Morgan fingerprint density at radius 3 is 2.68 bits per heavy atom. The quantitative estimate of drug-likeness (QED) is 0.775. The van der Waals surface area contributed by atoms with Crippen LogP contribution < -0.4 is 11.2 Å². The lowest BCUT2D eigenvalue weighted by molar-refractivity contribution is 0.0953. The highest BCUT2D eigenvalue weighted by Gasteiger charge is 2.26. The van der Waals surface area contributed by atoms with Gasteiger partial charge in [0.1, 0.15) is 5.65 Å². The standard InChI is InChI=1S/C19H17N3O3/c1-11-7-13-14(15(23)8-11)9-20-17-16(13)18(24)21-19(25)22(17)10-12-5-3-2-4-6-12/h2-6,9,11H,7-8,10H2,1H3,(H,21,24,25). The van der Waals surface area contributed by atoms with Crippen LogP contribution in [0.1, 0.15) is 34.8 Å². The minimum absolute atomic E-state index is 0.00311. The smallest absolute Gasteiger partial charge is 0.294 e. The van der Waals surface area contributed by atoms with Crippen molar-refractivity contribution in [2.24, 2.45) is 5.92 Å². The number of carbonyl (C=O) groups is 1. The van der Waals surface area contributed by atoms with Crippen LogP contribution in [0.5, 0.6) is 0 Å². The van der Waals surface area contributed by atoms with Crippen molar-refractivity contribution in [3.05, 3.63) is 74.1 Å². The van der Waals surface area contributed by atoms with Gasteiger partial charge in [0.05, 0.1) is 11.9 Å². The van der Waals surface area contributed by atoms with E-state index in [1.54, 1.807) is 0 Å². The van der Waals surface area contributed by atoms with Crippen molar-refractivity contribution in [2.75, 3.05) is 0 Å². The van der Waals surface area contributed by atoms with Crippen molar-refractivity contribution in [1.82, 2.24) is 14.5 Å². The lowest BCUT2D eigenvalue weighted by Gasteiger charge is -2.21. The van der Waals surface area contributed by atoms with Crippen molar-refractivity contribution in [3.8, 4) is 0 Å². The fourth-order valence-electron chi connectivity index (χ4n) is 3.52. The summed E-state index contributed by atoms with van der Waals surface area (Å²) < 4.78 is 1.45. The zero-order valence-corrected chi connectivity index (χ0v) is 13.8. The van der Waals surface area contributed by atoms with Gasteiger partial charge in [-0.05, 0) is 23.5 Å². The predicted molar refractivity (Wildman–Crippen MR) is 94.0 cm³/mol. The van der Waals surface area contributed by atoms with E-state index in [4.69, 9.17) is 0 Å². The lowest BCUT2D eigenvalue weighted by Crippen LogP contribution is -2.33. The average Bonchev–Trinajstić information content (AvgIpc) is 2.58. The molecule has 6 heteroatoms. The molecule has 0 spiro atoms. The monoisotopic (exact) mass is 335 g/mol. The van der Waals surface area contributed by atoms with Crippen LogP contribution in [0.3, 0.4) is 0 Å². The van der Waals surface area contributed by atoms with Crippen molar-refractivity contribution >= 4 is 16.8 Å². The Bertz CT molecular complexity index is 1100. The number of nitrogens with one attached hydrogen (secondary N) is 1. The second kappa shape index (κ2) is 5.81. The zero-order valence-electron chi connectivity index (χ0n) is 13.8. The Hall–Kier alpha value is -3.02. The maximum absolute atomic E-state index is 12.5. The third-order valence-corrected chi connectivity index (χ3v) is 4.69. The molecule has 0 bridgehead atoms. The SMILES string of the molecule is CC1CC(=O)c2cnc3c(c2C1)c(=O)[nH]c(=O)n3Cc1ccccc1. The Morgan fingerprint density at radius 1 is 1.16 bits per heavy atom. The van der Waals surface area contributed by atoms with Crippen LogP contribution >= 0.6 is 0 Å². The number of benzene rings is 1. The normalized spacial score (nSPS) is 16.8. The molecule has 126 valence electrons. The van der Waals surface area contributed by atoms with Crippen LogP contribution in [0, 0.1) is 5.92 Å². The van der Waals surface area contributed by atoms with Crippen LogP contribution in [0.2, 0.25) is 0 Å². The maximum Gasteiger partial charge on any atom is 0.330 e. The van der Waals surface area contributed by atoms with Crippen molar-refractivity contribution in [2.45, 2.75) is 26.3 Å². The Labute approximate surface area is 143 Å². The average molecular weight is 335 g/mol. The number of hydrogen-bond donors (Lipinski definition) is 1. The molecule has 1 aromatic carbocycles. The molecule has 1 unspecified atom stereocenters. The molecule has 6 nitrogen and oxygen atoms in total. The number of aromatic nitrogens is 3. The summed E-state index contributed by atoms with van der Waals surface area (Å²) in [5.74, 6) is 0.169. The molecule has 0 fully saturated rings. The first-order chi connectivity index (χ1) is 12.0. The van der Waals surface area contributed by atoms with E-state index in [-0.39, 0.29) is 11.7 Å². The first-order valence-electron chi connectivity index (χ1n) is 8.26. The first-order valence-corrected chi connectivity index (χ1v) is 8.26. The second-order valence-corrected chi connectivity index (χ2v) is 6.62. The van der Waals surface area contributed by atoms with E-state index in [0.29, 0.717) is 41.5 Å². The molecule has 2 aromatic heterocycles. The van der Waals surface area contributed by atoms with E-state index >= 15 is 0 Å². The topological polar surface area (TPSA) is 84.8 Å². The molecule has 4 rings (SSSR count). The van der Waals surface area contributed by atoms with Crippen LogP contribution in [0.15, 0.2) is 46.1 Å². The number of carbonyl (C=O) groups excluding carboxylic acids is 1. The predicted octanol–water partition coefficient (Wildman–Crippen LogP) is 1.90. The third kappa shape index (κ3) is 2.59. The summed E-state index contributed by atoms with van der Waals surface area (Å²) in [6.07, 6.45) is 2.60. The van der Waals surface area contributed by atoms with E-state index in [0.717, 1.165) is 5.56 Å². The van der Waals surface area contributed by atoms with Gasteiger partial charge in [-0.25, -0.2) is 9.78 Å². The fourth-order valence-corrected chi connectivity index (χ4v) is 3.52. The van der Waals surface area contributed by atoms with Crippen molar-refractivity contribution in [3.63, 3.8) is 0 Å². The molecule has 0 saturated carbocycles. The van der Waals surface area contributed by atoms with Gasteiger partial charge in [0.25, 0.3) is 5.56 Å². The van der Waals surface area contributed by atoms with Crippen LogP contribution in [0.25, 0.3) is 11.0 Å². The molecule has 1 N–H and O–H groups in total. The number of nitrogens with zero attached hydrogens (tertiary/aromatic N) is 2. The van der Waals surface area contributed by atoms with E-state index < -0.39 is 11.2 Å². The van der Waals surface area contributed by atoms with Gasteiger partial charge in [0.15, 0.2) is 5.78 Å². The highest BCUT2D eigenvalue weighted by Crippen LogP contribution is 2.28. The molecule has 3 aromatic rings.